The van der Waals surface area contributed by atoms with Gasteiger partial charge in [-0.05, 0) is 42.8 Å². The molecule has 20 heavy (non-hydrogen) atoms. The predicted molar refractivity (Wildman–Crippen MR) is 80.3 cm³/mol. The van der Waals surface area contributed by atoms with Gasteiger partial charge in [0.05, 0.1) is 22.2 Å². The fourth-order valence-electron chi connectivity index (χ4n) is 1.69. The molecule has 0 heterocycles. The van der Waals surface area contributed by atoms with Gasteiger partial charge in [0.1, 0.15) is 0 Å². The molecule has 0 radical (unpaired) electrons. The fraction of sp³-hybridized carbons (Fsp3) is 0.0667. The molecule has 0 saturated heterocycles. The van der Waals surface area contributed by atoms with Gasteiger partial charge in [0.2, 0.25) is 0 Å². The molecule has 0 bridgehead atoms. The lowest BCUT2D eigenvalue weighted by Crippen LogP contribution is -2.13. The molecule has 5 heteroatoms. The second kappa shape index (κ2) is 5.96. The van der Waals surface area contributed by atoms with E-state index in [4.69, 9.17) is 28.5 Å². The molecule has 0 aliphatic heterocycles. The first-order valence-corrected chi connectivity index (χ1v) is 6.54. The standard InChI is InChI=1S/C15H10Cl2N2O/c1-9-2-3-10(8-18)6-14(9)19-15(20)12-5-4-11(16)7-13(12)17/h2-7H,1H3,(H,19,20). The minimum atomic E-state index is -0.343. The average Bonchev–Trinajstić information content (AvgIpc) is 2.41. The highest BCUT2D eigenvalue weighted by Crippen LogP contribution is 2.23. The number of benzene rings is 2. The smallest absolute Gasteiger partial charge is 0.257 e. The fourth-order valence-corrected chi connectivity index (χ4v) is 2.18. The van der Waals surface area contributed by atoms with E-state index >= 15 is 0 Å². The number of carbonyl (C=O) groups is 1. The lowest BCUT2D eigenvalue weighted by molar-refractivity contribution is 0.102. The summed E-state index contributed by atoms with van der Waals surface area (Å²) >= 11 is 11.8. The highest BCUT2D eigenvalue weighted by Gasteiger charge is 2.12. The lowest BCUT2D eigenvalue weighted by atomic mass is 10.1. The summed E-state index contributed by atoms with van der Waals surface area (Å²) in [4.78, 5) is 12.2. The Kier molecular flexibility index (Phi) is 4.29. The van der Waals surface area contributed by atoms with Gasteiger partial charge in [-0.1, -0.05) is 29.3 Å². The Bertz CT molecular complexity index is 720. The van der Waals surface area contributed by atoms with Crippen molar-refractivity contribution in [1.82, 2.24) is 0 Å². The molecule has 2 rings (SSSR count). The van der Waals surface area contributed by atoms with Crippen LogP contribution in [-0.2, 0) is 0 Å². The Balaban J connectivity index is 2.30. The summed E-state index contributed by atoms with van der Waals surface area (Å²) in [5.41, 5.74) is 2.26. The Morgan fingerprint density at radius 1 is 1.20 bits per heavy atom. The Labute approximate surface area is 126 Å². The molecule has 3 nitrogen and oxygen atoms in total. The van der Waals surface area contributed by atoms with Gasteiger partial charge in [-0.3, -0.25) is 4.79 Å². The lowest BCUT2D eigenvalue weighted by Gasteiger charge is -2.10. The van der Waals surface area contributed by atoms with Crippen molar-refractivity contribution in [3.05, 3.63) is 63.1 Å². The molecule has 1 amide bonds. The number of nitrogens with one attached hydrogen (secondary N) is 1. The Morgan fingerprint density at radius 3 is 2.60 bits per heavy atom. The van der Waals surface area contributed by atoms with Crippen LogP contribution in [0.2, 0.25) is 10.0 Å². The van der Waals surface area contributed by atoms with Crippen LogP contribution >= 0.6 is 23.2 Å². The molecule has 0 aromatic heterocycles. The van der Waals surface area contributed by atoms with E-state index in [0.29, 0.717) is 21.8 Å². The number of halogens is 2. The molecule has 0 spiro atoms. The maximum absolute atomic E-state index is 12.2. The van der Waals surface area contributed by atoms with Crippen molar-refractivity contribution < 1.29 is 4.79 Å². The van der Waals surface area contributed by atoms with Crippen molar-refractivity contribution in [3.8, 4) is 6.07 Å². The summed E-state index contributed by atoms with van der Waals surface area (Å²) < 4.78 is 0. The van der Waals surface area contributed by atoms with Gasteiger partial charge >= 0.3 is 0 Å². The molecule has 0 aliphatic rings. The van der Waals surface area contributed by atoms with Crippen LogP contribution in [0.3, 0.4) is 0 Å². The summed E-state index contributed by atoms with van der Waals surface area (Å²) in [5.74, 6) is -0.343. The second-order valence-electron chi connectivity index (χ2n) is 4.22. The zero-order valence-electron chi connectivity index (χ0n) is 10.6. The van der Waals surface area contributed by atoms with E-state index in [1.165, 1.54) is 6.07 Å². The quantitative estimate of drug-likeness (QED) is 0.892. The predicted octanol–water partition coefficient (Wildman–Crippen LogP) is 4.43. The van der Waals surface area contributed by atoms with Gasteiger partial charge in [0.15, 0.2) is 0 Å². The molecule has 0 atom stereocenters. The third-order valence-electron chi connectivity index (χ3n) is 2.79. The number of nitrogens with zero attached hydrogens (tertiary/aromatic N) is 1. The van der Waals surface area contributed by atoms with E-state index in [1.807, 2.05) is 13.0 Å². The van der Waals surface area contributed by atoms with E-state index in [9.17, 15) is 4.79 Å². The highest BCUT2D eigenvalue weighted by atomic mass is 35.5. The molecular weight excluding hydrogens is 295 g/mol. The summed E-state index contributed by atoms with van der Waals surface area (Å²) in [5, 5.41) is 12.4. The highest BCUT2D eigenvalue weighted by molar-refractivity contribution is 6.37. The van der Waals surface area contributed by atoms with Crippen LogP contribution in [0.15, 0.2) is 36.4 Å². The van der Waals surface area contributed by atoms with Crippen molar-refractivity contribution in [3.63, 3.8) is 0 Å². The molecule has 100 valence electrons. The minimum absolute atomic E-state index is 0.282. The van der Waals surface area contributed by atoms with Crippen LogP contribution in [0.5, 0.6) is 0 Å². The average molecular weight is 305 g/mol. The first kappa shape index (κ1) is 14.4. The van der Waals surface area contributed by atoms with E-state index in [0.717, 1.165) is 5.56 Å². The van der Waals surface area contributed by atoms with Gasteiger partial charge in [0.25, 0.3) is 5.91 Å². The maximum Gasteiger partial charge on any atom is 0.257 e. The number of nitriles is 1. The van der Waals surface area contributed by atoms with Gasteiger partial charge in [0, 0.05) is 10.7 Å². The van der Waals surface area contributed by atoms with Gasteiger partial charge in [-0.15, -0.1) is 0 Å². The molecule has 0 unspecified atom stereocenters. The number of hydrogen-bond donors (Lipinski definition) is 1. The first-order chi connectivity index (χ1) is 9.51. The van der Waals surface area contributed by atoms with Crippen molar-refractivity contribution >= 4 is 34.8 Å². The number of rotatable bonds is 2. The number of amides is 1. The second-order valence-corrected chi connectivity index (χ2v) is 5.06. The van der Waals surface area contributed by atoms with Gasteiger partial charge in [-0.2, -0.15) is 5.26 Å². The molecular formula is C15H10Cl2N2O. The zero-order chi connectivity index (χ0) is 14.7. The largest absolute Gasteiger partial charge is 0.322 e. The summed E-state index contributed by atoms with van der Waals surface area (Å²) in [6.45, 7) is 1.85. The Morgan fingerprint density at radius 2 is 1.95 bits per heavy atom. The third-order valence-corrected chi connectivity index (χ3v) is 3.34. The van der Waals surface area contributed by atoms with Crippen LogP contribution in [0, 0.1) is 18.3 Å². The van der Waals surface area contributed by atoms with Crippen molar-refractivity contribution in [1.29, 1.82) is 5.26 Å². The third kappa shape index (κ3) is 3.11. The normalized spacial score (nSPS) is 9.90. The summed E-state index contributed by atoms with van der Waals surface area (Å²) in [6.07, 6.45) is 0. The van der Waals surface area contributed by atoms with Gasteiger partial charge in [-0.25, -0.2) is 0 Å². The van der Waals surface area contributed by atoms with Crippen molar-refractivity contribution in [2.45, 2.75) is 6.92 Å². The minimum Gasteiger partial charge on any atom is -0.322 e. The van der Waals surface area contributed by atoms with Crippen molar-refractivity contribution in [2.24, 2.45) is 0 Å². The number of carbonyl (C=O) groups excluding carboxylic acids is 1. The number of aryl methyl sites for hydroxylation is 1. The SMILES string of the molecule is Cc1ccc(C#N)cc1NC(=O)c1ccc(Cl)cc1Cl. The molecule has 2 aromatic carbocycles. The van der Waals surface area contributed by atoms with Crippen LogP contribution in [0.1, 0.15) is 21.5 Å². The van der Waals surface area contributed by atoms with E-state index in [-0.39, 0.29) is 10.9 Å². The van der Waals surface area contributed by atoms with E-state index in [1.54, 1.807) is 30.3 Å². The van der Waals surface area contributed by atoms with E-state index in [2.05, 4.69) is 5.32 Å². The molecule has 2 aromatic rings. The zero-order valence-corrected chi connectivity index (χ0v) is 12.1. The maximum atomic E-state index is 12.2. The van der Waals surface area contributed by atoms with Crippen LogP contribution in [0.25, 0.3) is 0 Å². The molecule has 0 fully saturated rings. The van der Waals surface area contributed by atoms with E-state index < -0.39 is 0 Å². The number of anilines is 1. The molecule has 1 N–H and O–H groups in total. The first-order valence-electron chi connectivity index (χ1n) is 5.78. The van der Waals surface area contributed by atoms with Crippen molar-refractivity contribution in [2.75, 3.05) is 5.32 Å². The molecule has 0 aliphatic carbocycles. The summed E-state index contributed by atoms with van der Waals surface area (Å²) in [6, 6.07) is 11.8. The van der Waals surface area contributed by atoms with Crippen LogP contribution < -0.4 is 5.32 Å². The monoisotopic (exact) mass is 304 g/mol. The van der Waals surface area contributed by atoms with Crippen LogP contribution in [0.4, 0.5) is 5.69 Å². The topological polar surface area (TPSA) is 52.9 Å². The number of hydrogen-bond acceptors (Lipinski definition) is 2. The summed E-state index contributed by atoms with van der Waals surface area (Å²) in [7, 11) is 0. The van der Waals surface area contributed by atoms with Crippen LogP contribution in [-0.4, -0.2) is 5.91 Å². The Hall–Kier alpha value is -2.02. The van der Waals surface area contributed by atoms with Gasteiger partial charge < -0.3 is 5.32 Å². The molecule has 0 saturated carbocycles.